The van der Waals surface area contributed by atoms with E-state index >= 15 is 0 Å². The van der Waals surface area contributed by atoms with Gasteiger partial charge in [0.15, 0.2) is 5.76 Å². The SMILES string of the molecule is COc1ccccc1NC(=O)c1cc(-c2ccc(-c3ccccc3Cl)o2)nc2ccccc12. The molecule has 3 aromatic carbocycles. The highest BCUT2D eigenvalue weighted by molar-refractivity contribution is 6.33. The van der Waals surface area contributed by atoms with Gasteiger partial charge in [0.25, 0.3) is 5.91 Å². The quantitative estimate of drug-likeness (QED) is 0.308. The zero-order valence-corrected chi connectivity index (χ0v) is 18.5. The van der Waals surface area contributed by atoms with Gasteiger partial charge in [0.1, 0.15) is 17.2 Å². The van der Waals surface area contributed by atoms with Gasteiger partial charge >= 0.3 is 0 Å². The number of carbonyl (C=O) groups is 1. The van der Waals surface area contributed by atoms with Crippen LogP contribution in [0.15, 0.2) is 95.4 Å². The van der Waals surface area contributed by atoms with Crippen molar-refractivity contribution >= 4 is 34.1 Å². The van der Waals surface area contributed by atoms with Gasteiger partial charge in [-0.25, -0.2) is 4.98 Å². The van der Waals surface area contributed by atoms with Gasteiger partial charge in [-0.1, -0.05) is 54.1 Å². The number of furan rings is 1. The summed E-state index contributed by atoms with van der Waals surface area (Å²) in [5, 5.41) is 4.29. The first-order chi connectivity index (χ1) is 16.1. The summed E-state index contributed by atoms with van der Waals surface area (Å²) in [7, 11) is 1.57. The van der Waals surface area contributed by atoms with E-state index in [1.807, 2.05) is 72.8 Å². The molecule has 5 nitrogen and oxygen atoms in total. The smallest absolute Gasteiger partial charge is 0.256 e. The van der Waals surface area contributed by atoms with Crippen LogP contribution < -0.4 is 10.1 Å². The highest BCUT2D eigenvalue weighted by atomic mass is 35.5. The predicted octanol–water partition coefficient (Wildman–Crippen LogP) is 7.08. The van der Waals surface area contributed by atoms with E-state index in [9.17, 15) is 4.79 Å². The first-order valence-corrected chi connectivity index (χ1v) is 10.7. The third kappa shape index (κ3) is 4.06. The lowest BCUT2D eigenvalue weighted by Crippen LogP contribution is -2.13. The lowest BCUT2D eigenvalue weighted by molar-refractivity contribution is 0.102. The van der Waals surface area contributed by atoms with Crippen molar-refractivity contribution in [1.82, 2.24) is 4.98 Å². The maximum Gasteiger partial charge on any atom is 0.256 e. The first kappa shape index (κ1) is 20.8. The number of carbonyl (C=O) groups excluding carboxylic acids is 1. The number of para-hydroxylation sites is 3. The maximum atomic E-state index is 13.3. The molecule has 0 aliphatic carbocycles. The second-order valence-electron chi connectivity index (χ2n) is 7.37. The number of nitrogens with zero attached hydrogens (tertiary/aromatic N) is 1. The van der Waals surface area contributed by atoms with Crippen molar-refractivity contribution in [2.24, 2.45) is 0 Å². The Labute approximate surface area is 195 Å². The molecule has 0 saturated heterocycles. The number of benzene rings is 3. The van der Waals surface area contributed by atoms with Gasteiger partial charge < -0.3 is 14.5 Å². The molecule has 1 amide bonds. The van der Waals surface area contributed by atoms with Crippen LogP contribution in [-0.4, -0.2) is 18.0 Å². The number of aromatic nitrogens is 1. The largest absolute Gasteiger partial charge is 0.495 e. The van der Waals surface area contributed by atoms with Gasteiger partial charge in [-0.3, -0.25) is 4.79 Å². The maximum absolute atomic E-state index is 13.3. The number of nitrogens with one attached hydrogen (secondary N) is 1. The van der Waals surface area contributed by atoms with Crippen LogP contribution in [0.3, 0.4) is 0 Å². The van der Waals surface area contributed by atoms with Crippen LogP contribution in [0.2, 0.25) is 5.02 Å². The highest BCUT2D eigenvalue weighted by Gasteiger charge is 2.18. The van der Waals surface area contributed by atoms with E-state index in [1.165, 1.54) is 0 Å². The van der Waals surface area contributed by atoms with Crippen LogP contribution in [0.25, 0.3) is 33.7 Å². The molecule has 162 valence electrons. The first-order valence-electron chi connectivity index (χ1n) is 10.3. The molecule has 2 aromatic heterocycles. The summed E-state index contributed by atoms with van der Waals surface area (Å²) in [6.45, 7) is 0. The minimum Gasteiger partial charge on any atom is -0.495 e. The van der Waals surface area contributed by atoms with Crippen molar-refractivity contribution in [3.8, 4) is 28.5 Å². The number of halogens is 1. The van der Waals surface area contributed by atoms with E-state index in [4.69, 9.17) is 25.7 Å². The predicted molar refractivity (Wildman–Crippen MR) is 131 cm³/mol. The van der Waals surface area contributed by atoms with Crippen LogP contribution in [0.1, 0.15) is 10.4 Å². The van der Waals surface area contributed by atoms with Gasteiger partial charge in [-0.05, 0) is 48.5 Å². The summed E-state index contributed by atoms with van der Waals surface area (Å²) in [5.74, 6) is 1.49. The van der Waals surface area contributed by atoms with E-state index in [0.29, 0.717) is 44.8 Å². The lowest BCUT2D eigenvalue weighted by Gasteiger charge is -2.12. The Morgan fingerprint density at radius 1 is 0.909 bits per heavy atom. The standard InChI is InChI=1S/C27H19ClN2O3/c1-32-25-13-7-6-12-22(25)30-27(31)19-16-23(29-21-11-5-3-8-17(19)21)26-15-14-24(33-26)18-9-2-4-10-20(18)28/h2-16H,1H3,(H,30,31). The number of rotatable bonds is 5. The van der Waals surface area contributed by atoms with Gasteiger partial charge in [-0.15, -0.1) is 0 Å². The lowest BCUT2D eigenvalue weighted by atomic mass is 10.1. The fourth-order valence-electron chi connectivity index (χ4n) is 3.71. The molecule has 0 aliphatic rings. The van der Waals surface area contributed by atoms with E-state index in [1.54, 1.807) is 25.3 Å². The van der Waals surface area contributed by atoms with Crippen LogP contribution in [0, 0.1) is 0 Å². The third-order valence-corrected chi connectivity index (χ3v) is 5.64. The van der Waals surface area contributed by atoms with E-state index in [-0.39, 0.29) is 5.91 Å². The molecule has 0 bridgehead atoms. The monoisotopic (exact) mass is 454 g/mol. The van der Waals surface area contributed by atoms with E-state index in [2.05, 4.69) is 5.32 Å². The van der Waals surface area contributed by atoms with Crippen molar-refractivity contribution in [1.29, 1.82) is 0 Å². The zero-order chi connectivity index (χ0) is 22.8. The third-order valence-electron chi connectivity index (χ3n) is 5.31. The number of hydrogen-bond donors (Lipinski definition) is 1. The summed E-state index contributed by atoms with van der Waals surface area (Å²) in [6, 6.07) is 27.7. The molecule has 0 unspecified atom stereocenters. The topological polar surface area (TPSA) is 64.4 Å². The molecule has 33 heavy (non-hydrogen) atoms. The summed E-state index contributed by atoms with van der Waals surface area (Å²) in [6.07, 6.45) is 0. The van der Waals surface area contributed by atoms with Crippen molar-refractivity contribution < 1.29 is 13.9 Å². The molecule has 0 spiro atoms. The average Bonchev–Trinajstić information content (AvgIpc) is 3.34. The van der Waals surface area contributed by atoms with Crippen molar-refractivity contribution in [2.45, 2.75) is 0 Å². The minimum absolute atomic E-state index is 0.266. The van der Waals surface area contributed by atoms with Crippen LogP contribution in [0.5, 0.6) is 5.75 Å². The number of methoxy groups -OCH3 is 1. The summed E-state index contributed by atoms with van der Waals surface area (Å²) < 4.78 is 11.4. The molecule has 0 atom stereocenters. The van der Waals surface area contributed by atoms with Crippen molar-refractivity contribution in [2.75, 3.05) is 12.4 Å². The number of amides is 1. The second kappa shape index (κ2) is 8.81. The van der Waals surface area contributed by atoms with Crippen LogP contribution >= 0.6 is 11.6 Å². The summed E-state index contributed by atoms with van der Waals surface area (Å²) in [5.41, 5.74) is 3.11. The fourth-order valence-corrected chi connectivity index (χ4v) is 3.94. The number of pyridine rings is 1. The summed E-state index contributed by atoms with van der Waals surface area (Å²) >= 11 is 6.32. The van der Waals surface area contributed by atoms with Gasteiger partial charge in [0.2, 0.25) is 0 Å². The number of anilines is 1. The Hall–Kier alpha value is -4.09. The molecule has 6 heteroatoms. The summed E-state index contributed by atoms with van der Waals surface area (Å²) in [4.78, 5) is 18.0. The Bertz CT molecular complexity index is 1480. The van der Waals surface area contributed by atoms with Gasteiger partial charge in [0, 0.05) is 10.9 Å². The normalized spacial score (nSPS) is 10.8. The Balaban J connectivity index is 1.57. The Morgan fingerprint density at radius 2 is 1.64 bits per heavy atom. The highest BCUT2D eigenvalue weighted by Crippen LogP contribution is 2.33. The molecule has 0 saturated carbocycles. The fraction of sp³-hybridized carbons (Fsp3) is 0.0370. The molecule has 2 heterocycles. The average molecular weight is 455 g/mol. The number of ether oxygens (including phenoxy) is 1. The van der Waals surface area contributed by atoms with Gasteiger partial charge in [-0.2, -0.15) is 0 Å². The molecule has 1 N–H and O–H groups in total. The molecule has 0 fully saturated rings. The molecular formula is C27H19ClN2O3. The van der Waals surface area contributed by atoms with Crippen LogP contribution in [-0.2, 0) is 0 Å². The van der Waals surface area contributed by atoms with E-state index in [0.717, 1.165) is 10.9 Å². The van der Waals surface area contributed by atoms with Crippen molar-refractivity contribution in [3.05, 3.63) is 102 Å². The van der Waals surface area contributed by atoms with Crippen molar-refractivity contribution in [3.63, 3.8) is 0 Å². The van der Waals surface area contributed by atoms with Gasteiger partial charge in [0.05, 0.1) is 28.9 Å². The van der Waals surface area contributed by atoms with Crippen LogP contribution in [0.4, 0.5) is 5.69 Å². The Morgan fingerprint density at radius 3 is 2.48 bits per heavy atom. The molecule has 0 radical (unpaired) electrons. The minimum atomic E-state index is -0.266. The number of fused-ring (bicyclic) bond motifs is 1. The Kier molecular flexibility index (Phi) is 5.55. The molecule has 0 aliphatic heterocycles. The molecular weight excluding hydrogens is 436 g/mol. The second-order valence-corrected chi connectivity index (χ2v) is 7.78. The number of hydrogen-bond acceptors (Lipinski definition) is 4. The molecule has 5 rings (SSSR count). The molecule has 5 aromatic rings. The zero-order valence-electron chi connectivity index (χ0n) is 17.7. The van der Waals surface area contributed by atoms with E-state index < -0.39 is 0 Å².